The average molecular weight is 517 g/mol. The zero-order valence-corrected chi connectivity index (χ0v) is 20.5. The summed E-state index contributed by atoms with van der Waals surface area (Å²) in [4.78, 5) is 42.0. The summed E-state index contributed by atoms with van der Waals surface area (Å²) in [6.07, 6.45) is 4.52. The van der Waals surface area contributed by atoms with E-state index in [0.717, 1.165) is 6.42 Å². The molecule has 3 N–H and O–H groups in total. The summed E-state index contributed by atoms with van der Waals surface area (Å²) in [5, 5.41) is 10.1. The van der Waals surface area contributed by atoms with Crippen LogP contribution < -0.4 is 10.5 Å². The van der Waals surface area contributed by atoms with E-state index in [4.69, 9.17) is 22.1 Å². The van der Waals surface area contributed by atoms with Crippen LogP contribution in [-0.2, 0) is 22.7 Å². The Balaban J connectivity index is 0.000000256. The fourth-order valence-corrected chi connectivity index (χ4v) is 4.83. The Hall–Kier alpha value is -3.50. The molecule has 1 aliphatic heterocycles. The first-order valence-corrected chi connectivity index (χ1v) is 11.7. The number of hydrogen-bond acceptors (Lipinski definition) is 6. The lowest BCUT2D eigenvalue weighted by Crippen LogP contribution is -2.44. The number of ether oxygens (including phenoxy) is 1. The van der Waals surface area contributed by atoms with Crippen molar-refractivity contribution in [1.29, 1.82) is 0 Å². The maximum Gasteiger partial charge on any atom is 0.326 e. The van der Waals surface area contributed by atoms with Gasteiger partial charge in [-0.2, -0.15) is 0 Å². The highest BCUT2D eigenvalue weighted by atomic mass is 35.5. The van der Waals surface area contributed by atoms with Gasteiger partial charge in [0.1, 0.15) is 29.8 Å². The highest BCUT2D eigenvalue weighted by Crippen LogP contribution is 2.48. The van der Waals surface area contributed by atoms with Gasteiger partial charge in [0.25, 0.3) is 0 Å². The minimum Gasteiger partial charge on any atom is -0.495 e. The second-order valence-electron chi connectivity index (χ2n) is 8.84. The maximum atomic E-state index is 12.8. The molecule has 0 unspecified atom stereocenters. The number of amides is 1. The number of fused-ring (bicyclic) bond motifs is 2. The SMILES string of the molecule is COc1cnc2c(c1)c(C(C)=O)cn2CC(=O)N1[C@@H]2C[C@@H]2C[C@H]1C(=O)O.NCc1cccc(Cl)c1F. The Labute approximate surface area is 211 Å². The molecule has 9 nitrogen and oxygen atoms in total. The van der Waals surface area contributed by atoms with Gasteiger partial charge in [-0.3, -0.25) is 9.59 Å². The number of Topliss-reactive ketones (excluding diaryl/α,β-unsaturated/α-hetero) is 1. The third-order valence-electron chi connectivity index (χ3n) is 6.54. The average Bonchev–Trinajstić information content (AvgIpc) is 3.36. The molecule has 3 atom stereocenters. The fraction of sp³-hybridized carbons (Fsp3) is 0.360. The van der Waals surface area contributed by atoms with Crippen molar-refractivity contribution < 1.29 is 28.6 Å². The molecule has 5 rings (SSSR count). The number of halogens is 2. The van der Waals surface area contributed by atoms with Gasteiger partial charge >= 0.3 is 5.97 Å². The van der Waals surface area contributed by atoms with Gasteiger partial charge < -0.3 is 25.0 Å². The van der Waals surface area contributed by atoms with E-state index in [9.17, 15) is 23.9 Å². The number of aromatic nitrogens is 2. The monoisotopic (exact) mass is 516 g/mol. The summed E-state index contributed by atoms with van der Waals surface area (Å²) >= 11 is 5.46. The molecule has 0 spiro atoms. The number of carbonyl (C=O) groups excluding carboxylic acids is 2. The Morgan fingerprint density at radius 3 is 2.67 bits per heavy atom. The summed E-state index contributed by atoms with van der Waals surface area (Å²) in [7, 11) is 1.52. The third-order valence-corrected chi connectivity index (χ3v) is 6.83. The van der Waals surface area contributed by atoms with Crippen LogP contribution in [0.5, 0.6) is 5.75 Å². The topological polar surface area (TPSA) is 128 Å². The molecule has 3 aromatic rings. The van der Waals surface area contributed by atoms with Crippen LogP contribution in [0.2, 0.25) is 5.02 Å². The van der Waals surface area contributed by atoms with Gasteiger partial charge in [-0.25, -0.2) is 14.2 Å². The van der Waals surface area contributed by atoms with Gasteiger partial charge in [-0.15, -0.1) is 0 Å². The van der Waals surface area contributed by atoms with E-state index in [2.05, 4.69) is 4.98 Å². The molecule has 3 heterocycles. The summed E-state index contributed by atoms with van der Waals surface area (Å²) in [6, 6.07) is 5.77. The number of likely N-dealkylation sites (tertiary alicyclic amines) is 1. The first-order valence-electron chi connectivity index (χ1n) is 11.4. The Morgan fingerprint density at radius 1 is 1.31 bits per heavy atom. The van der Waals surface area contributed by atoms with Crippen molar-refractivity contribution >= 4 is 40.3 Å². The van der Waals surface area contributed by atoms with E-state index in [0.29, 0.717) is 40.2 Å². The molecule has 1 aromatic carbocycles. The van der Waals surface area contributed by atoms with E-state index >= 15 is 0 Å². The molecule has 0 radical (unpaired) electrons. The number of methoxy groups -OCH3 is 1. The molecular formula is C25H26ClFN4O5. The van der Waals surface area contributed by atoms with E-state index < -0.39 is 17.8 Å². The molecule has 2 fully saturated rings. The first-order chi connectivity index (χ1) is 17.2. The summed E-state index contributed by atoms with van der Waals surface area (Å²) < 4.78 is 19.6. The van der Waals surface area contributed by atoms with Gasteiger partial charge in [0.15, 0.2) is 5.78 Å². The zero-order chi connectivity index (χ0) is 26.1. The highest BCUT2D eigenvalue weighted by molar-refractivity contribution is 6.30. The Morgan fingerprint density at radius 2 is 2.06 bits per heavy atom. The van der Waals surface area contributed by atoms with E-state index in [1.165, 1.54) is 31.2 Å². The van der Waals surface area contributed by atoms with Crippen LogP contribution in [0, 0.1) is 11.7 Å². The number of aliphatic carboxylic acids is 1. The number of hydrogen-bond donors (Lipinski definition) is 2. The first kappa shape index (κ1) is 25.6. The van der Waals surface area contributed by atoms with Crippen LogP contribution >= 0.6 is 11.6 Å². The number of pyridine rings is 1. The normalized spacial score (nSPS) is 19.9. The molecule has 1 aliphatic carbocycles. The minimum atomic E-state index is -0.963. The molecule has 36 heavy (non-hydrogen) atoms. The number of piperidine rings is 1. The summed E-state index contributed by atoms with van der Waals surface area (Å²) in [5.41, 5.74) is 6.63. The lowest BCUT2D eigenvalue weighted by molar-refractivity contribution is -0.149. The molecule has 2 aliphatic rings. The maximum absolute atomic E-state index is 12.8. The summed E-state index contributed by atoms with van der Waals surface area (Å²) in [6.45, 7) is 1.60. The molecular weight excluding hydrogens is 491 g/mol. The molecule has 1 saturated carbocycles. The second kappa shape index (κ2) is 10.2. The van der Waals surface area contributed by atoms with Gasteiger partial charge in [-0.05, 0) is 37.8 Å². The number of nitrogens with zero attached hydrogens (tertiary/aromatic N) is 3. The minimum absolute atomic E-state index is 0.0331. The molecule has 1 saturated heterocycles. The predicted octanol–water partition coefficient (Wildman–Crippen LogP) is 3.26. The van der Waals surface area contributed by atoms with Crippen LogP contribution in [0.1, 0.15) is 35.7 Å². The number of carbonyl (C=O) groups is 3. The third kappa shape index (κ3) is 4.91. The van der Waals surface area contributed by atoms with Crippen molar-refractivity contribution in [3.05, 3.63) is 58.6 Å². The second-order valence-corrected chi connectivity index (χ2v) is 9.25. The lowest BCUT2D eigenvalue weighted by Gasteiger charge is -2.24. The molecule has 190 valence electrons. The van der Waals surface area contributed by atoms with Crippen LogP contribution in [0.4, 0.5) is 4.39 Å². The molecule has 0 bridgehead atoms. The number of ketones is 1. The standard InChI is InChI=1S/C18H19N3O5.C7H7ClFN/c1-9(22)13-7-20(17-12(13)5-11(26-2)6-19-17)8-16(23)21-14-3-10(14)4-15(21)18(24)25;8-6-3-1-2-5(4-10)7(6)9/h5-7,10,14-15H,3-4,8H2,1-2H3,(H,24,25);1-3H,4,10H2/t10-,14-,15+;/m1./s1. The number of nitrogens with two attached hydrogens (primary N) is 1. The van der Waals surface area contributed by atoms with Gasteiger partial charge in [-0.1, -0.05) is 23.7 Å². The van der Waals surface area contributed by atoms with Crippen LogP contribution in [0.3, 0.4) is 0 Å². The van der Waals surface area contributed by atoms with Gasteiger partial charge in [0.05, 0.1) is 18.3 Å². The van der Waals surface area contributed by atoms with Gasteiger partial charge in [0.2, 0.25) is 5.91 Å². The van der Waals surface area contributed by atoms with Crippen molar-refractivity contribution in [2.45, 2.75) is 44.9 Å². The smallest absolute Gasteiger partial charge is 0.326 e. The van der Waals surface area contributed by atoms with Crippen LogP contribution in [-0.4, -0.2) is 56.4 Å². The lowest BCUT2D eigenvalue weighted by atomic mass is 10.1. The fourth-order valence-electron chi connectivity index (χ4n) is 4.63. The largest absolute Gasteiger partial charge is 0.495 e. The van der Waals surface area contributed by atoms with E-state index in [1.54, 1.807) is 29.0 Å². The Kier molecular flexibility index (Phi) is 7.28. The number of carboxylic acid groups (broad SMARTS) is 1. The van der Waals surface area contributed by atoms with Crippen molar-refractivity contribution in [2.75, 3.05) is 7.11 Å². The number of carboxylic acids is 1. The Bertz CT molecular complexity index is 1340. The van der Waals surface area contributed by atoms with Crippen LogP contribution in [0.15, 0.2) is 36.7 Å². The molecule has 2 aromatic heterocycles. The van der Waals surface area contributed by atoms with Crippen molar-refractivity contribution in [3.63, 3.8) is 0 Å². The zero-order valence-electron chi connectivity index (χ0n) is 19.8. The van der Waals surface area contributed by atoms with Crippen molar-refractivity contribution in [1.82, 2.24) is 14.5 Å². The van der Waals surface area contributed by atoms with Crippen LogP contribution in [0.25, 0.3) is 11.0 Å². The quantitative estimate of drug-likeness (QED) is 0.481. The number of benzene rings is 1. The molecule has 1 amide bonds. The van der Waals surface area contributed by atoms with E-state index in [1.807, 2.05) is 0 Å². The van der Waals surface area contributed by atoms with Crippen molar-refractivity contribution in [3.8, 4) is 5.75 Å². The summed E-state index contributed by atoms with van der Waals surface area (Å²) in [5.74, 6) is -0.941. The van der Waals surface area contributed by atoms with E-state index in [-0.39, 0.29) is 35.8 Å². The van der Waals surface area contributed by atoms with Crippen molar-refractivity contribution in [2.24, 2.45) is 11.7 Å². The molecule has 11 heteroatoms. The number of rotatable bonds is 6. The van der Waals surface area contributed by atoms with Gasteiger partial charge in [0, 0.05) is 35.3 Å². The predicted molar refractivity (Wildman–Crippen MR) is 130 cm³/mol. The highest BCUT2D eigenvalue weighted by Gasteiger charge is 2.56.